The van der Waals surface area contributed by atoms with Gasteiger partial charge in [0, 0.05) is 29.9 Å². The van der Waals surface area contributed by atoms with Crippen molar-refractivity contribution in [1.29, 1.82) is 0 Å². The number of thioether (sulfide) groups is 1. The predicted molar refractivity (Wildman–Crippen MR) is 93.1 cm³/mol. The number of hydrogen-bond acceptors (Lipinski definition) is 4. The van der Waals surface area contributed by atoms with Gasteiger partial charge in [-0.3, -0.25) is 4.79 Å². The molecule has 1 aromatic carbocycles. The quantitative estimate of drug-likeness (QED) is 0.809. The molecule has 1 aliphatic rings. The predicted octanol–water partition coefficient (Wildman–Crippen LogP) is 3.16. The highest BCUT2D eigenvalue weighted by atomic mass is 32.2. The standard InChI is InChI=1S/C17H26N2O2S/c1-2-4-16(18)17(20)19-14-6-3-5-13(11-14)12-22-15-7-9-21-10-8-15/h3,5-6,11,15-16H,2,4,7-10,12,18H2,1H3,(H,19,20). The third-order valence-corrected chi connectivity index (χ3v) is 5.23. The van der Waals surface area contributed by atoms with Gasteiger partial charge in [-0.15, -0.1) is 0 Å². The van der Waals surface area contributed by atoms with Crippen LogP contribution in [-0.2, 0) is 15.3 Å². The Balaban J connectivity index is 1.85. The molecule has 3 N–H and O–H groups in total. The second-order valence-corrected chi connectivity index (χ2v) is 7.00. The summed E-state index contributed by atoms with van der Waals surface area (Å²) in [6.45, 7) is 3.79. The number of carbonyl (C=O) groups is 1. The Labute approximate surface area is 137 Å². The van der Waals surface area contributed by atoms with Crippen LogP contribution in [0, 0.1) is 0 Å². The molecule has 0 bridgehead atoms. The summed E-state index contributed by atoms with van der Waals surface area (Å²) in [5, 5.41) is 3.60. The first kappa shape index (κ1) is 17.3. The van der Waals surface area contributed by atoms with Crippen molar-refractivity contribution in [2.24, 2.45) is 5.73 Å². The molecule has 1 saturated heterocycles. The third kappa shape index (κ3) is 5.63. The maximum atomic E-state index is 12.0. The van der Waals surface area contributed by atoms with Gasteiger partial charge in [0.05, 0.1) is 6.04 Å². The Morgan fingerprint density at radius 3 is 2.95 bits per heavy atom. The zero-order valence-electron chi connectivity index (χ0n) is 13.2. The number of amides is 1. The normalized spacial score (nSPS) is 17.2. The van der Waals surface area contributed by atoms with Crippen LogP contribution in [0.2, 0.25) is 0 Å². The van der Waals surface area contributed by atoms with Crippen molar-refractivity contribution in [3.05, 3.63) is 29.8 Å². The number of benzene rings is 1. The van der Waals surface area contributed by atoms with Gasteiger partial charge in [-0.05, 0) is 37.0 Å². The average molecular weight is 322 g/mol. The minimum absolute atomic E-state index is 0.101. The number of ether oxygens (including phenoxy) is 1. The van der Waals surface area contributed by atoms with Crippen molar-refractivity contribution >= 4 is 23.4 Å². The Morgan fingerprint density at radius 2 is 2.23 bits per heavy atom. The highest BCUT2D eigenvalue weighted by Crippen LogP contribution is 2.26. The summed E-state index contributed by atoms with van der Waals surface area (Å²) in [5.74, 6) is 0.867. The minimum atomic E-state index is -0.426. The molecule has 1 aliphatic heterocycles. The van der Waals surface area contributed by atoms with Crippen LogP contribution < -0.4 is 11.1 Å². The van der Waals surface area contributed by atoms with E-state index in [1.165, 1.54) is 5.56 Å². The lowest BCUT2D eigenvalue weighted by Crippen LogP contribution is -2.35. The number of carbonyl (C=O) groups excluding carboxylic acids is 1. The lowest BCUT2D eigenvalue weighted by atomic mass is 10.1. The third-order valence-electron chi connectivity index (χ3n) is 3.78. The molecule has 4 nitrogen and oxygen atoms in total. The van der Waals surface area contributed by atoms with Crippen LogP contribution in [0.1, 0.15) is 38.2 Å². The van der Waals surface area contributed by atoms with Crippen LogP contribution in [0.3, 0.4) is 0 Å². The minimum Gasteiger partial charge on any atom is -0.381 e. The maximum Gasteiger partial charge on any atom is 0.241 e. The Hall–Kier alpha value is -1.04. The summed E-state index contributed by atoms with van der Waals surface area (Å²) in [6.07, 6.45) is 3.89. The fourth-order valence-corrected chi connectivity index (χ4v) is 3.61. The first-order valence-corrected chi connectivity index (χ1v) is 9.08. The maximum absolute atomic E-state index is 12.0. The summed E-state index contributed by atoms with van der Waals surface area (Å²) in [4.78, 5) is 12.0. The van der Waals surface area contributed by atoms with E-state index in [2.05, 4.69) is 11.4 Å². The molecule has 1 aromatic rings. The van der Waals surface area contributed by atoms with Crippen LogP contribution in [0.15, 0.2) is 24.3 Å². The molecule has 1 heterocycles. The highest BCUT2D eigenvalue weighted by molar-refractivity contribution is 7.99. The van der Waals surface area contributed by atoms with Crippen molar-refractivity contribution in [2.75, 3.05) is 18.5 Å². The summed E-state index contributed by atoms with van der Waals surface area (Å²) in [7, 11) is 0. The van der Waals surface area contributed by atoms with Gasteiger partial charge in [0.25, 0.3) is 0 Å². The molecule has 0 aliphatic carbocycles. The molecular weight excluding hydrogens is 296 g/mol. The van der Waals surface area contributed by atoms with Gasteiger partial charge in [-0.2, -0.15) is 11.8 Å². The summed E-state index contributed by atoms with van der Waals surface area (Å²) >= 11 is 1.98. The zero-order valence-corrected chi connectivity index (χ0v) is 14.0. The molecule has 0 spiro atoms. The Bertz CT molecular complexity index is 475. The molecule has 0 saturated carbocycles. The van der Waals surface area contributed by atoms with Gasteiger partial charge in [-0.1, -0.05) is 25.5 Å². The van der Waals surface area contributed by atoms with Crippen molar-refractivity contribution in [3.8, 4) is 0 Å². The number of nitrogens with two attached hydrogens (primary N) is 1. The van der Waals surface area contributed by atoms with Crippen molar-refractivity contribution < 1.29 is 9.53 Å². The molecule has 22 heavy (non-hydrogen) atoms. The Morgan fingerprint density at radius 1 is 1.45 bits per heavy atom. The fourth-order valence-electron chi connectivity index (χ4n) is 2.47. The molecule has 0 radical (unpaired) electrons. The fraction of sp³-hybridized carbons (Fsp3) is 0.588. The second-order valence-electron chi connectivity index (χ2n) is 5.71. The van der Waals surface area contributed by atoms with Gasteiger partial charge in [-0.25, -0.2) is 0 Å². The zero-order chi connectivity index (χ0) is 15.8. The smallest absolute Gasteiger partial charge is 0.241 e. The van der Waals surface area contributed by atoms with E-state index in [1.807, 2.05) is 36.9 Å². The lowest BCUT2D eigenvalue weighted by Gasteiger charge is -2.21. The lowest BCUT2D eigenvalue weighted by molar-refractivity contribution is -0.117. The van der Waals surface area contributed by atoms with Gasteiger partial charge in [0.15, 0.2) is 0 Å². The van der Waals surface area contributed by atoms with E-state index in [4.69, 9.17) is 10.5 Å². The van der Waals surface area contributed by atoms with Gasteiger partial charge in [0.1, 0.15) is 0 Å². The van der Waals surface area contributed by atoms with Gasteiger partial charge < -0.3 is 15.8 Å². The van der Waals surface area contributed by atoms with E-state index < -0.39 is 6.04 Å². The number of anilines is 1. The van der Waals surface area contributed by atoms with Crippen LogP contribution >= 0.6 is 11.8 Å². The summed E-state index contributed by atoms with van der Waals surface area (Å²) < 4.78 is 5.38. The molecule has 1 unspecified atom stereocenters. The highest BCUT2D eigenvalue weighted by Gasteiger charge is 2.15. The van der Waals surface area contributed by atoms with E-state index in [0.29, 0.717) is 11.7 Å². The molecule has 0 aromatic heterocycles. The van der Waals surface area contributed by atoms with Crippen LogP contribution in [0.25, 0.3) is 0 Å². The first-order chi connectivity index (χ1) is 10.7. The van der Waals surface area contributed by atoms with Crippen LogP contribution in [0.4, 0.5) is 5.69 Å². The van der Waals surface area contributed by atoms with E-state index in [9.17, 15) is 4.79 Å². The van der Waals surface area contributed by atoms with E-state index >= 15 is 0 Å². The number of hydrogen-bond donors (Lipinski definition) is 2. The largest absolute Gasteiger partial charge is 0.381 e. The van der Waals surface area contributed by atoms with E-state index in [-0.39, 0.29) is 5.91 Å². The van der Waals surface area contributed by atoms with Gasteiger partial charge in [0.2, 0.25) is 5.91 Å². The van der Waals surface area contributed by atoms with Crippen molar-refractivity contribution in [3.63, 3.8) is 0 Å². The van der Waals surface area contributed by atoms with E-state index in [1.54, 1.807) is 0 Å². The molecule has 5 heteroatoms. The van der Waals surface area contributed by atoms with Crippen LogP contribution in [0.5, 0.6) is 0 Å². The van der Waals surface area contributed by atoms with E-state index in [0.717, 1.165) is 43.9 Å². The summed E-state index contributed by atoms with van der Waals surface area (Å²) in [5.41, 5.74) is 7.91. The SMILES string of the molecule is CCCC(N)C(=O)Nc1cccc(CSC2CCOCC2)c1. The number of rotatable bonds is 7. The summed E-state index contributed by atoms with van der Waals surface area (Å²) in [6, 6.07) is 7.63. The molecule has 1 amide bonds. The topological polar surface area (TPSA) is 64.4 Å². The average Bonchev–Trinajstić information content (AvgIpc) is 2.54. The number of nitrogens with one attached hydrogen (secondary N) is 1. The molecular formula is C17H26N2O2S. The molecule has 2 rings (SSSR count). The Kier molecular flexibility index (Phi) is 7.22. The first-order valence-electron chi connectivity index (χ1n) is 8.03. The molecule has 122 valence electrons. The van der Waals surface area contributed by atoms with Crippen molar-refractivity contribution in [1.82, 2.24) is 0 Å². The second kappa shape index (κ2) is 9.18. The van der Waals surface area contributed by atoms with Crippen molar-refractivity contribution in [2.45, 2.75) is 49.7 Å². The van der Waals surface area contributed by atoms with Gasteiger partial charge >= 0.3 is 0 Å². The molecule has 1 atom stereocenters. The molecule has 1 fully saturated rings. The monoisotopic (exact) mass is 322 g/mol. The van der Waals surface area contributed by atoms with Crippen LogP contribution in [-0.4, -0.2) is 30.4 Å².